The molecule has 0 heterocycles. The van der Waals surface area contributed by atoms with Crippen molar-refractivity contribution in [3.8, 4) is 0 Å². The van der Waals surface area contributed by atoms with Crippen molar-refractivity contribution in [3.05, 3.63) is 34.9 Å². The van der Waals surface area contributed by atoms with Crippen molar-refractivity contribution in [2.45, 2.75) is 94.4 Å². The van der Waals surface area contributed by atoms with Gasteiger partial charge in [-0.2, -0.15) is 0 Å². The van der Waals surface area contributed by atoms with Crippen LogP contribution in [0.5, 0.6) is 0 Å². The fourth-order valence-electron chi connectivity index (χ4n) is 4.65. The van der Waals surface area contributed by atoms with Gasteiger partial charge in [0.1, 0.15) is 5.78 Å². The second-order valence-electron chi connectivity index (χ2n) is 12.9. The van der Waals surface area contributed by atoms with Gasteiger partial charge in [0.15, 0.2) is 0 Å². The molecule has 2 N–H and O–H groups in total. The molecular weight excluding hydrogens is 424 g/mol. The summed E-state index contributed by atoms with van der Waals surface area (Å²) in [6.07, 6.45) is 1.98. The van der Waals surface area contributed by atoms with Crippen molar-refractivity contribution >= 4 is 17.6 Å². The molecule has 1 aromatic carbocycles. The summed E-state index contributed by atoms with van der Waals surface area (Å²) in [6.45, 7) is 23.5. The molecule has 0 unspecified atom stereocenters. The SMILES string of the molecule is CC(=O)C(C)(C)c1cc(C(=O)NCC(C)(C)CC(C)C)cc(C(=O)NCC(C)(C)CC(C)C)c1. The first kappa shape index (κ1) is 29.9. The first-order valence-electron chi connectivity index (χ1n) is 12.6. The van der Waals surface area contributed by atoms with Gasteiger partial charge in [-0.25, -0.2) is 0 Å². The zero-order valence-electron chi connectivity index (χ0n) is 23.4. The molecule has 0 saturated carbocycles. The molecule has 0 aliphatic heterocycles. The summed E-state index contributed by atoms with van der Waals surface area (Å²) >= 11 is 0. The van der Waals surface area contributed by atoms with Crippen LogP contribution in [0.3, 0.4) is 0 Å². The van der Waals surface area contributed by atoms with Crippen LogP contribution in [-0.2, 0) is 10.2 Å². The van der Waals surface area contributed by atoms with Crippen LogP contribution in [0.4, 0.5) is 0 Å². The quantitative estimate of drug-likeness (QED) is 0.383. The summed E-state index contributed by atoms with van der Waals surface area (Å²) in [5, 5.41) is 6.08. The number of Topliss-reactive ketones (excluding diaryl/α,β-unsaturated/α-hetero) is 1. The highest BCUT2D eigenvalue weighted by molar-refractivity contribution is 6.01. The molecule has 0 bridgehead atoms. The highest BCUT2D eigenvalue weighted by Crippen LogP contribution is 2.28. The van der Waals surface area contributed by atoms with E-state index < -0.39 is 5.41 Å². The molecule has 0 spiro atoms. The Balaban J connectivity index is 3.23. The Morgan fingerprint density at radius 3 is 1.35 bits per heavy atom. The van der Waals surface area contributed by atoms with Crippen LogP contribution in [0.1, 0.15) is 115 Å². The highest BCUT2D eigenvalue weighted by atomic mass is 16.2. The number of carbonyl (C=O) groups excluding carboxylic acids is 3. The largest absolute Gasteiger partial charge is 0.352 e. The van der Waals surface area contributed by atoms with Gasteiger partial charge in [0.2, 0.25) is 0 Å². The van der Waals surface area contributed by atoms with E-state index in [-0.39, 0.29) is 28.4 Å². The zero-order chi connectivity index (χ0) is 26.5. The average Bonchev–Trinajstić information content (AvgIpc) is 2.67. The van der Waals surface area contributed by atoms with Crippen molar-refractivity contribution in [3.63, 3.8) is 0 Å². The maximum atomic E-state index is 13.1. The summed E-state index contributed by atoms with van der Waals surface area (Å²) in [7, 11) is 0. The topological polar surface area (TPSA) is 75.3 Å². The molecule has 2 amide bonds. The number of hydrogen-bond acceptors (Lipinski definition) is 3. The minimum absolute atomic E-state index is 0.0208. The van der Waals surface area contributed by atoms with Crippen molar-refractivity contribution in [2.24, 2.45) is 22.7 Å². The Hall–Kier alpha value is -2.17. The minimum Gasteiger partial charge on any atom is -0.352 e. The van der Waals surface area contributed by atoms with E-state index in [1.54, 1.807) is 18.2 Å². The van der Waals surface area contributed by atoms with E-state index in [0.29, 0.717) is 41.6 Å². The van der Waals surface area contributed by atoms with Gasteiger partial charge in [-0.05, 0) is 80.0 Å². The standard InChI is InChI=1S/C29H48N2O3/c1-19(2)15-27(6,7)17-30-25(33)22-12-23(14-24(13-22)29(10,11)21(5)32)26(34)31-18-28(8,9)16-20(3)4/h12-14,19-20H,15-18H2,1-11H3,(H,30,33)(H,31,34). The Kier molecular flexibility index (Phi) is 10.1. The molecule has 5 nitrogen and oxygen atoms in total. The molecular formula is C29H48N2O3. The van der Waals surface area contributed by atoms with Crippen LogP contribution < -0.4 is 10.6 Å². The van der Waals surface area contributed by atoms with Crippen LogP contribution in [0, 0.1) is 22.7 Å². The van der Waals surface area contributed by atoms with Crippen molar-refractivity contribution in [1.29, 1.82) is 0 Å². The summed E-state index contributed by atoms with van der Waals surface area (Å²) in [5.41, 5.74) is 0.585. The lowest BCUT2D eigenvalue weighted by molar-refractivity contribution is -0.121. The number of ketones is 1. The number of benzene rings is 1. The monoisotopic (exact) mass is 472 g/mol. The third kappa shape index (κ3) is 9.23. The van der Waals surface area contributed by atoms with Gasteiger partial charge >= 0.3 is 0 Å². The highest BCUT2D eigenvalue weighted by Gasteiger charge is 2.29. The molecule has 34 heavy (non-hydrogen) atoms. The van der Waals surface area contributed by atoms with E-state index >= 15 is 0 Å². The first-order chi connectivity index (χ1) is 15.4. The van der Waals surface area contributed by atoms with E-state index in [1.165, 1.54) is 6.92 Å². The molecule has 1 aromatic rings. The molecule has 0 aliphatic carbocycles. The minimum atomic E-state index is -0.806. The van der Waals surface area contributed by atoms with E-state index in [0.717, 1.165) is 12.8 Å². The lowest BCUT2D eigenvalue weighted by Crippen LogP contribution is -2.36. The van der Waals surface area contributed by atoms with Crippen LogP contribution in [-0.4, -0.2) is 30.7 Å². The third-order valence-electron chi connectivity index (χ3n) is 6.44. The molecule has 0 aromatic heterocycles. The van der Waals surface area contributed by atoms with Gasteiger partial charge in [0.05, 0.1) is 0 Å². The molecule has 0 saturated heterocycles. The van der Waals surface area contributed by atoms with E-state index in [1.807, 2.05) is 13.8 Å². The van der Waals surface area contributed by atoms with E-state index in [9.17, 15) is 14.4 Å². The second-order valence-corrected chi connectivity index (χ2v) is 12.9. The summed E-state index contributed by atoms with van der Waals surface area (Å²) in [4.78, 5) is 38.6. The Bertz CT molecular complexity index is 823. The zero-order valence-corrected chi connectivity index (χ0v) is 23.4. The van der Waals surface area contributed by atoms with Crippen molar-refractivity contribution < 1.29 is 14.4 Å². The van der Waals surface area contributed by atoms with Crippen LogP contribution in [0.25, 0.3) is 0 Å². The van der Waals surface area contributed by atoms with Crippen LogP contribution >= 0.6 is 0 Å². The van der Waals surface area contributed by atoms with Crippen molar-refractivity contribution in [2.75, 3.05) is 13.1 Å². The predicted octanol–water partition coefficient (Wildman–Crippen LogP) is 6.16. The Morgan fingerprint density at radius 2 is 1.06 bits per heavy atom. The smallest absolute Gasteiger partial charge is 0.251 e. The van der Waals surface area contributed by atoms with Gasteiger partial charge in [0, 0.05) is 29.6 Å². The maximum Gasteiger partial charge on any atom is 0.251 e. The van der Waals surface area contributed by atoms with Gasteiger partial charge in [0.25, 0.3) is 11.8 Å². The lowest BCUT2D eigenvalue weighted by Gasteiger charge is -2.28. The summed E-state index contributed by atoms with van der Waals surface area (Å²) in [6, 6.07) is 5.12. The molecule has 192 valence electrons. The van der Waals surface area contributed by atoms with Gasteiger partial charge in [-0.1, -0.05) is 55.4 Å². The number of amides is 2. The number of hydrogen-bond donors (Lipinski definition) is 2. The molecule has 5 heteroatoms. The maximum absolute atomic E-state index is 13.1. The normalized spacial score (nSPS) is 12.7. The summed E-state index contributed by atoms with van der Waals surface area (Å²) in [5.74, 6) is 0.579. The number of nitrogens with one attached hydrogen (secondary N) is 2. The fraction of sp³-hybridized carbons (Fsp3) is 0.690. The fourth-order valence-corrected chi connectivity index (χ4v) is 4.65. The van der Waals surface area contributed by atoms with E-state index in [2.05, 4.69) is 66.0 Å². The Morgan fingerprint density at radius 1 is 0.706 bits per heavy atom. The average molecular weight is 473 g/mol. The molecule has 0 fully saturated rings. The first-order valence-corrected chi connectivity index (χ1v) is 12.6. The second kappa shape index (κ2) is 11.5. The van der Waals surface area contributed by atoms with Gasteiger partial charge in [-0.3, -0.25) is 14.4 Å². The number of rotatable bonds is 12. The molecule has 0 radical (unpaired) electrons. The predicted molar refractivity (Wildman–Crippen MR) is 141 cm³/mol. The van der Waals surface area contributed by atoms with Crippen molar-refractivity contribution in [1.82, 2.24) is 10.6 Å². The molecule has 0 atom stereocenters. The lowest BCUT2D eigenvalue weighted by atomic mass is 9.79. The molecule has 1 rings (SSSR count). The van der Waals surface area contributed by atoms with Gasteiger partial charge in [-0.15, -0.1) is 0 Å². The Labute approximate surface area is 207 Å². The molecule has 0 aliphatic rings. The van der Waals surface area contributed by atoms with Crippen LogP contribution in [0.2, 0.25) is 0 Å². The summed E-state index contributed by atoms with van der Waals surface area (Å²) < 4.78 is 0. The van der Waals surface area contributed by atoms with Crippen LogP contribution in [0.15, 0.2) is 18.2 Å². The third-order valence-corrected chi connectivity index (χ3v) is 6.44. The van der Waals surface area contributed by atoms with E-state index in [4.69, 9.17) is 0 Å². The number of carbonyl (C=O) groups is 3. The van der Waals surface area contributed by atoms with Gasteiger partial charge < -0.3 is 10.6 Å².